The zero-order chi connectivity index (χ0) is 20.9. The molecule has 1 aromatic heterocycles. The summed E-state index contributed by atoms with van der Waals surface area (Å²) in [6.07, 6.45) is 2.09. The summed E-state index contributed by atoms with van der Waals surface area (Å²) < 4.78 is 21.1. The molecule has 1 unspecified atom stereocenters. The number of carbonyl (C=O) groups is 1. The van der Waals surface area contributed by atoms with E-state index >= 15 is 0 Å². The van der Waals surface area contributed by atoms with Gasteiger partial charge in [-0.15, -0.1) is 10.2 Å². The number of halogens is 1. The zero-order valence-corrected chi connectivity index (χ0v) is 17.5. The Balaban J connectivity index is 1.53. The van der Waals surface area contributed by atoms with Gasteiger partial charge in [0.15, 0.2) is 11.0 Å². The first-order chi connectivity index (χ1) is 14.6. The number of carbonyl (C=O) groups excluding carboxylic acids is 1. The van der Waals surface area contributed by atoms with Crippen LogP contribution in [0.4, 0.5) is 10.1 Å². The first-order valence-corrected chi connectivity index (χ1v) is 10.9. The Morgan fingerprint density at radius 1 is 1.20 bits per heavy atom. The maximum atomic E-state index is 13.4. The molecule has 0 N–H and O–H groups in total. The van der Waals surface area contributed by atoms with E-state index in [9.17, 15) is 9.18 Å². The summed E-state index contributed by atoms with van der Waals surface area (Å²) in [4.78, 5) is 14.3. The summed E-state index contributed by atoms with van der Waals surface area (Å²) in [6, 6.07) is 15.7. The van der Waals surface area contributed by atoms with Crippen molar-refractivity contribution in [2.24, 2.45) is 0 Å². The molecule has 8 heteroatoms. The number of thioether (sulfide) groups is 1. The van der Waals surface area contributed by atoms with E-state index in [4.69, 9.17) is 4.74 Å². The van der Waals surface area contributed by atoms with Gasteiger partial charge in [0.1, 0.15) is 5.82 Å². The Morgan fingerprint density at radius 2 is 1.97 bits per heavy atom. The summed E-state index contributed by atoms with van der Waals surface area (Å²) in [6.45, 7) is 1.35. The van der Waals surface area contributed by atoms with Crippen molar-refractivity contribution in [3.8, 4) is 11.4 Å². The van der Waals surface area contributed by atoms with Crippen LogP contribution in [-0.2, 0) is 16.1 Å². The van der Waals surface area contributed by atoms with E-state index in [1.807, 2.05) is 34.9 Å². The number of ether oxygens (including phenoxy) is 1. The van der Waals surface area contributed by atoms with Gasteiger partial charge in [0, 0.05) is 24.9 Å². The van der Waals surface area contributed by atoms with Gasteiger partial charge in [-0.05, 0) is 49.2 Å². The van der Waals surface area contributed by atoms with Crippen molar-refractivity contribution in [1.82, 2.24) is 14.8 Å². The molecule has 0 aliphatic carbocycles. The van der Waals surface area contributed by atoms with Crippen LogP contribution in [0.5, 0.6) is 0 Å². The number of aromatic nitrogens is 3. The Kier molecular flexibility index (Phi) is 6.44. The van der Waals surface area contributed by atoms with Gasteiger partial charge in [-0.25, -0.2) is 4.39 Å². The van der Waals surface area contributed by atoms with Crippen LogP contribution < -0.4 is 4.90 Å². The first kappa shape index (κ1) is 20.6. The molecule has 0 spiro atoms. The third kappa shape index (κ3) is 4.71. The van der Waals surface area contributed by atoms with Crippen LogP contribution in [-0.4, -0.2) is 46.2 Å². The second-order valence-corrected chi connectivity index (χ2v) is 8.08. The van der Waals surface area contributed by atoms with Crippen molar-refractivity contribution in [3.05, 3.63) is 60.4 Å². The van der Waals surface area contributed by atoms with E-state index in [2.05, 4.69) is 10.2 Å². The lowest BCUT2D eigenvalue weighted by molar-refractivity contribution is -0.115. The fourth-order valence-electron chi connectivity index (χ4n) is 3.38. The van der Waals surface area contributed by atoms with Gasteiger partial charge >= 0.3 is 0 Å². The number of amides is 1. The van der Waals surface area contributed by atoms with Crippen molar-refractivity contribution in [1.29, 1.82) is 0 Å². The van der Waals surface area contributed by atoms with Crippen molar-refractivity contribution >= 4 is 23.4 Å². The van der Waals surface area contributed by atoms with Gasteiger partial charge in [-0.3, -0.25) is 9.36 Å². The minimum absolute atomic E-state index is 0.0267. The average molecular weight is 427 g/mol. The van der Waals surface area contributed by atoms with Crippen LogP contribution >= 0.6 is 11.8 Å². The minimum atomic E-state index is -0.298. The third-order valence-corrected chi connectivity index (χ3v) is 6.02. The van der Waals surface area contributed by atoms with Gasteiger partial charge in [-0.1, -0.05) is 30.0 Å². The molecule has 0 radical (unpaired) electrons. The molecule has 2 heterocycles. The molecule has 1 fully saturated rings. The molecule has 0 saturated carbocycles. The summed E-state index contributed by atoms with van der Waals surface area (Å²) in [7, 11) is 1.76. The lowest BCUT2D eigenvalue weighted by Crippen LogP contribution is -2.28. The predicted molar refractivity (Wildman–Crippen MR) is 115 cm³/mol. The molecule has 1 aliphatic rings. The highest BCUT2D eigenvalue weighted by molar-refractivity contribution is 7.99. The molecule has 30 heavy (non-hydrogen) atoms. The van der Waals surface area contributed by atoms with Gasteiger partial charge < -0.3 is 9.64 Å². The number of rotatable bonds is 7. The lowest BCUT2D eigenvalue weighted by atomic mass is 10.2. The standard InChI is InChI=1S/C22H23FN4O2S/c1-26(18-6-3-2-4-7-18)20(28)15-30-22-25-24-21(16-9-11-17(23)12-10-16)27(22)14-19-8-5-13-29-19/h2-4,6-7,9-12,19H,5,8,13-15H2,1H3. The minimum Gasteiger partial charge on any atom is -0.376 e. The summed E-state index contributed by atoms with van der Waals surface area (Å²) in [5.41, 5.74) is 1.62. The molecule has 4 rings (SSSR count). The van der Waals surface area contributed by atoms with Crippen molar-refractivity contribution < 1.29 is 13.9 Å². The van der Waals surface area contributed by atoms with E-state index in [0.29, 0.717) is 17.5 Å². The molecule has 0 bridgehead atoms. The topological polar surface area (TPSA) is 60.2 Å². The van der Waals surface area contributed by atoms with Crippen LogP contribution in [0.15, 0.2) is 59.8 Å². The molecule has 3 aromatic rings. The van der Waals surface area contributed by atoms with Crippen molar-refractivity contribution in [2.75, 3.05) is 24.3 Å². The fraction of sp³-hybridized carbons (Fsp3) is 0.318. The highest BCUT2D eigenvalue weighted by atomic mass is 32.2. The van der Waals surface area contributed by atoms with Crippen LogP contribution in [0.3, 0.4) is 0 Å². The van der Waals surface area contributed by atoms with Gasteiger partial charge in [0.05, 0.1) is 18.4 Å². The molecular formula is C22H23FN4O2S. The average Bonchev–Trinajstić information content (AvgIpc) is 3.43. The molecule has 1 aliphatic heterocycles. The Hall–Kier alpha value is -2.71. The van der Waals surface area contributed by atoms with E-state index in [1.165, 1.54) is 23.9 Å². The van der Waals surface area contributed by atoms with Crippen molar-refractivity contribution in [2.45, 2.75) is 30.6 Å². The Bertz CT molecular complexity index is 988. The predicted octanol–water partition coefficient (Wildman–Crippen LogP) is 4.02. The molecule has 1 amide bonds. The normalized spacial score (nSPS) is 16.0. The number of hydrogen-bond acceptors (Lipinski definition) is 5. The Labute approximate surface area is 179 Å². The maximum absolute atomic E-state index is 13.4. The smallest absolute Gasteiger partial charge is 0.237 e. The van der Waals surface area contributed by atoms with Crippen molar-refractivity contribution in [3.63, 3.8) is 0 Å². The molecule has 1 atom stereocenters. The number of benzene rings is 2. The molecule has 6 nitrogen and oxygen atoms in total. The van der Waals surface area contributed by atoms with Gasteiger partial charge in [-0.2, -0.15) is 0 Å². The highest BCUT2D eigenvalue weighted by Crippen LogP contribution is 2.27. The zero-order valence-electron chi connectivity index (χ0n) is 16.7. The number of hydrogen-bond donors (Lipinski definition) is 0. The first-order valence-electron chi connectivity index (χ1n) is 9.87. The molecule has 2 aromatic carbocycles. The summed E-state index contributed by atoms with van der Waals surface area (Å²) >= 11 is 1.35. The summed E-state index contributed by atoms with van der Waals surface area (Å²) in [5.74, 6) is 0.560. The number of nitrogens with zero attached hydrogens (tertiary/aromatic N) is 4. The third-order valence-electron chi connectivity index (χ3n) is 5.07. The Morgan fingerprint density at radius 3 is 2.67 bits per heavy atom. The molecular weight excluding hydrogens is 403 g/mol. The SMILES string of the molecule is CN(C(=O)CSc1nnc(-c2ccc(F)cc2)n1CC1CCCO1)c1ccccc1. The van der Waals surface area contributed by atoms with Crippen LogP contribution in [0, 0.1) is 5.82 Å². The van der Waals surface area contributed by atoms with Crippen LogP contribution in [0.1, 0.15) is 12.8 Å². The van der Waals surface area contributed by atoms with E-state index in [1.54, 1.807) is 24.1 Å². The summed E-state index contributed by atoms with van der Waals surface area (Å²) in [5, 5.41) is 9.30. The van der Waals surface area contributed by atoms with E-state index in [-0.39, 0.29) is 23.6 Å². The van der Waals surface area contributed by atoms with Crippen LogP contribution in [0.25, 0.3) is 11.4 Å². The largest absolute Gasteiger partial charge is 0.376 e. The van der Waals surface area contributed by atoms with Gasteiger partial charge in [0.25, 0.3) is 0 Å². The monoisotopic (exact) mass is 426 g/mol. The molecule has 1 saturated heterocycles. The number of para-hydroxylation sites is 1. The fourth-order valence-corrected chi connectivity index (χ4v) is 4.24. The highest BCUT2D eigenvalue weighted by Gasteiger charge is 2.23. The van der Waals surface area contributed by atoms with Gasteiger partial charge in [0.2, 0.25) is 5.91 Å². The van der Waals surface area contributed by atoms with E-state index in [0.717, 1.165) is 30.7 Å². The quantitative estimate of drug-likeness (QED) is 0.534. The molecule has 156 valence electrons. The van der Waals surface area contributed by atoms with E-state index < -0.39 is 0 Å². The van der Waals surface area contributed by atoms with Crippen LogP contribution in [0.2, 0.25) is 0 Å². The second kappa shape index (κ2) is 9.40. The second-order valence-electron chi connectivity index (χ2n) is 7.14. The number of anilines is 1. The lowest BCUT2D eigenvalue weighted by Gasteiger charge is -2.17. The maximum Gasteiger partial charge on any atom is 0.237 e.